The molecule has 1 saturated heterocycles. The van der Waals surface area contributed by atoms with E-state index in [1.807, 2.05) is 16.1 Å². The molecule has 2 rings (SSSR count). The predicted molar refractivity (Wildman–Crippen MR) is 57.9 cm³/mol. The molecule has 1 atom stereocenters. The fourth-order valence-electron chi connectivity index (χ4n) is 1.17. The van der Waals surface area contributed by atoms with Gasteiger partial charge in [-0.2, -0.15) is 0 Å². The Bertz CT molecular complexity index is 256. The van der Waals surface area contributed by atoms with Crippen LogP contribution in [0.2, 0.25) is 0 Å². The Morgan fingerprint density at radius 3 is 2.67 bits per heavy atom. The summed E-state index contributed by atoms with van der Waals surface area (Å²) in [7, 11) is 8.18. The predicted octanol–water partition coefficient (Wildman–Crippen LogP) is 2.46. The average Bonchev–Trinajstić information content (AvgIpc) is 2.53. The molecular weight excluding hydrogens is 253 g/mol. The van der Waals surface area contributed by atoms with E-state index in [9.17, 15) is 0 Å². The van der Waals surface area contributed by atoms with Crippen LogP contribution in [0.4, 0.5) is 5.69 Å². The fourth-order valence-corrected chi connectivity index (χ4v) is 8.40. The Morgan fingerprint density at radius 2 is 2.08 bits per heavy atom. The van der Waals surface area contributed by atoms with Gasteiger partial charge in [0.15, 0.2) is 0 Å². The van der Waals surface area contributed by atoms with Crippen LogP contribution in [-0.2, 0) is 0 Å². The third-order valence-corrected chi connectivity index (χ3v) is 10.0. The van der Waals surface area contributed by atoms with Gasteiger partial charge in [-0.05, 0) is 0 Å². The normalized spacial score (nSPS) is 23.1. The molecule has 0 radical (unpaired) electrons. The van der Waals surface area contributed by atoms with Gasteiger partial charge in [-0.15, -0.1) is 0 Å². The van der Waals surface area contributed by atoms with Crippen molar-refractivity contribution >= 4 is 38.4 Å². The second-order valence-corrected chi connectivity index (χ2v) is 11.3. The summed E-state index contributed by atoms with van der Waals surface area (Å²) in [5, 5.41) is 0. The van der Waals surface area contributed by atoms with E-state index in [0.717, 1.165) is 6.54 Å². The van der Waals surface area contributed by atoms with Crippen LogP contribution in [0.3, 0.4) is 0 Å². The molecule has 1 aliphatic heterocycles. The standard InChI is InChI=1S/C8H9AsClNS/c10-9-11(6-7-12-9)8-4-2-1-3-5-8/h1-5H,6-7H2. The molecule has 0 bridgehead atoms. The van der Waals surface area contributed by atoms with Gasteiger partial charge in [-0.3, -0.25) is 0 Å². The summed E-state index contributed by atoms with van der Waals surface area (Å²) in [4.78, 5) is 0. The van der Waals surface area contributed by atoms with Crippen molar-refractivity contribution < 1.29 is 0 Å². The molecule has 0 amide bonds. The molecule has 0 N–H and O–H groups in total. The van der Waals surface area contributed by atoms with Crippen molar-refractivity contribution in [3.05, 3.63) is 30.3 Å². The Hall–Kier alpha value is 0.218. The Kier molecular flexibility index (Phi) is 2.90. The number of nitrogens with zero attached hydrogens (tertiary/aromatic N) is 1. The van der Waals surface area contributed by atoms with E-state index in [1.165, 1.54) is 11.4 Å². The van der Waals surface area contributed by atoms with E-state index in [4.69, 9.17) is 9.95 Å². The van der Waals surface area contributed by atoms with Gasteiger partial charge in [0, 0.05) is 0 Å². The number of para-hydroxylation sites is 1. The molecule has 1 heterocycles. The van der Waals surface area contributed by atoms with Crippen molar-refractivity contribution in [2.45, 2.75) is 0 Å². The van der Waals surface area contributed by atoms with Crippen LogP contribution >= 0.6 is 20.0 Å². The molecule has 1 unspecified atom stereocenters. The van der Waals surface area contributed by atoms with Gasteiger partial charge >= 0.3 is 84.9 Å². The molecule has 1 aromatic rings. The van der Waals surface area contributed by atoms with Crippen LogP contribution in [0.5, 0.6) is 0 Å². The maximum atomic E-state index is 6.25. The first-order valence-electron chi connectivity index (χ1n) is 3.79. The van der Waals surface area contributed by atoms with Gasteiger partial charge in [-0.25, -0.2) is 0 Å². The molecule has 1 nitrogen and oxygen atoms in total. The minimum atomic E-state index is -1.23. The Balaban J connectivity index is 2.19. The fraction of sp³-hybridized carbons (Fsp3) is 0.250. The number of halogens is 1. The molecule has 1 aliphatic rings. The SMILES string of the molecule is Cl[As]1SCCN1c1ccccc1. The van der Waals surface area contributed by atoms with Gasteiger partial charge in [0.1, 0.15) is 0 Å². The third kappa shape index (κ3) is 1.76. The average molecular weight is 262 g/mol. The van der Waals surface area contributed by atoms with Crippen molar-refractivity contribution in [2.24, 2.45) is 0 Å². The van der Waals surface area contributed by atoms with Gasteiger partial charge in [-0.1, -0.05) is 0 Å². The monoisotopic (exact) mass is 261 g/mol. The van der Waals surface area contributed by atoms with E-state index >= 15 is 0 Å². The summed E-state index contributed by atoms with van der Waals surface area (Å²) in [6.07, 6.45) is 0. The zero-order valence-corrected chi connectivity index (χ0v) is 9.93. The van der Waals surface area contributed by atoms with E-state index in [2.05, 4.69) is 28.1 Å². The Morgan fingerprint density at radius 1 is 1.33 bits per heavy atom. The molecule has 1 aromatic carbocycles. The summed E-state index contributed by atoms with van der Waals surface area (Å²) in [6, 6.07) is 10.4. The second-order valence-electron chi connectivity index (χ2n) is 2.52. The summed E-state index contributed by atoms with van der Waals surface area (Å²) < 4.78 is 2.36. The third-order valence-electron chi connectivity index (χ3n) is 1.74. The molecule has 64 valence electrons. The summed E-state index contributed by atoms with van der Waals surface area (Å²) >= 11 is -1.23. The van der Waals surface area contributed by atoms with E-state index < -0.39 is 12.8 Å². The second kappa shape index (κ2) is 3.95. The number of hydrogen-bond acceptors (Lipinski definition) is 2. The van der Waals surface area contributed by atoms with Gasteiger partial charge in [0.25, 0.3) is 0 Å². The van der Waals surface area contributed by atoms with Crippen molar-refractivity contribution in [1.82, 2.24) is 0 Å². The molecule has 12 heavy (non-hydrogen) atoms. The summed E-state index contributed by atoms with van der Waals surface area (Å²) in [5.41, 5.74) is 1.29. The topological polar surface area (TPSA) is 3.24 Å². The molecule has 1 fully saturated rings. The van der Waals surface area contributed by atoms with Crippen LogP contribution in [-0.4, -0.2) is 25.1 Å². The summed E-state index contributed by atoms with van der Waals surface area (Å²) in [5.74, 6) is 1.19. The number of benzene rings is 1. The van der Waals surface area contributed by atoms with E-state index in [-0.39, 0.29) is 0 Å². The molecule has 0 aliphatic carbocycles. The maximum absolute atomic E-state index is 6.25. The Labute approximate surface area is 84.7 Å². The first-order valence-corrected chi connectivity index (χ1v) is 10.3. The first-order chi connectivity index (χ1) is 5.88. The van der Waals surface area contributed by atoms with Gasteiger partial charge in [0.05, 0.1) is 0 Å². The van der Waals surface area contributed by atoms with Crippen LogP contribution in [0.25, 0.3) is 0 Å². The quantitative estimate of drug-likeness (QED) is 0.715. The number of rotatable bonds is 1. The molecule has 0 saturated carbocycles. The zero-order chi connectivity index (χ0) is 8.39. The van der Waals surface area contributed by atoms with Crippen molar-refractivity contribution in [2.75, 3.05) is 16.1 Å². The summed E-state index contributed by atoms with van der Waals surface area (Å²) in [6.45, 7) is 1.12. The van der Waals surface area contributed by atoms with Gasteiger partial charge in [0.2, 0.25) is 0 Å². The van der Waals surface area contributed by atoms with Crippen LogP contribution in [0, 0.1) is 0 Å². The molecule has 0 aromatic heterocycles. The van der Waals surface area contributed by atoms with E-state index in [1.54, 1.807) is 0 Å². The number of anilines is 1. The van der Waals surface area contributed by atoms with Crippen molar-refractivity contribution in [3.63, 3.8) is 0 Å². The van der Waals surface area contributed by atoms with Crippen molar-refractivity contribution in [3.8, 4) is 0 Å². The molecular formula is C8H9AsClNS. The van der Waals surface area contributed by atoms with Crippen LogP contribution in [0.15, 0.2) is 30.3 Å². The number of hydrogen-bond donors (Lipinski definition) is 0. The van der Waals surface area contributed by atoms with Gasteiger partial charge < -0.3 is 0 Å². The van der Waals surface area contributed by atoms with Crippen LogP contribution in [0.1, 0.15) is 0 Å². The molecule has 0 spiro atoms. The molecule has 4 heteroatoms. The minimum absolute atomic E-state index is 1.12. The zero-order valence-electron chi connectivity index (χ0n) is 6.48. The van der Waals surface area contributed by atoms with E-state index in [0.29, 0.717) is 0 Å². The van der Waals surface area contributed by atoms with Crippen molar-refractivity contribution in [1.29, 1.82) is 0 Å². The first kappa shape index (κ1) is 8.80. The van der Waals surface area contributed by atoms with Crippen LogP contribution < -0.4 is 3.82 Å².